The fourth-order valence-electron chi connectivity index (χ4n) is 2.07. The molecule has 7 nitrogen and oxygen atoms in total. The molecule has 0 aliphatic heterocycles. The van der Waals surface area contributed by atoms with Crippen molar-refractivity contribution < 1.29 is 17.9 Å². The predicted molar refractivity (Wildman–Crippen MR) is 76.8 cm³/mol. The van der Waals surface area contributed by atoms with Gasteiger partial charge in [0.1, 0.15) is 5.75 Å². The molecule has 0 amide bonds. The minimum absolute atomic E-state index is 0.261. The number of ether oxygens (including phenoxy) is 1. The number of hydrogen-bond donors (Lipinski definition) is 1. The van der Waals surface area contributed by atoms with Gasteiger partial charge in [0.15, 0.2) is 5.69 Å². The van der Waals surface area contributed by atoms with E-state index in [0.717, 1.165) is 10.9 Å². The zero-order valence-corrected chi connectivity index (χ0v) is 12.2. The average Bonchev–Trinajstić information content (AvgIpc) is 3.04. The van der Waals surface area contributed by atoms with Gasteiger partial charge in [0.2, 0.25) is 0 Å². The number of nitrogens with one attached hydrogen (secondary N) is 1. The highest BCUT2D eigenvalue weighted by Gasteiger charge is 2.34. The highest BCUT2D eigenvalue weighted by Crippen LogP contribution is 2.31. The van der Waals surface area contributed by atoms with E-state index in [1.807, 2.05) is 0 Å². The Labute approximate surface area is 132 Å². The minimum atomic E-state index is -4.60. The third-order valence-electron chi connectivity index (χ3n) is 3.19. The zero-order valence-electron chi connectivity index (χ0n) is 12.2. The first-order valence-corrected chi connectivity index (χ1v) is 6.61. The Balaban J connectivity index is 2.18. The molecule has 1 N–H and O–H groups in total. The number of nitrogens with zero attached hydrogens (tertiary/aromatic N) is 4. The Hall–Kier alpha value is -3.17. The number of aromatic amines is 1. The largest absolute Gasteiger partial charge is 0.497 e. The maximum absolute atomic E-state index is 12.7. The van der Waals surface area contributed by atoms with Gasteiger partial charge in [0, 0.05) is 11.6 Å². The molecule has 0 bridgehead atoms. The molecule has 3 rings (SSSR count). The minimum Gasteiger partial charge on any atom is -0.497 e. The van der Waals surface area contributed by atoms with Crippen LogP contribution in [-0.4, -0.2) is 32.1 Å². The van der Waals surface area contributed by atoms with Crippen molar-refractivity contribution in [1.29, 1.82) is 0 Å². The van der Waals surface area contributed by atoms with Crippen molar-refractivity contribution in [3.8, 4) is 22.7 Å². The van der Waals surface area contributed by atoms with Gasteiger partial charge >= 0.3 is 6.18 Å². The van der Waals surface area contributed by atoms with Gasteiger partial charge in [-0.2, -0.15) is 13.2 Å². The second-order valence-electron chi connectivity index (χ2n) is 4.73. The summed E-state index contributed by atoms with van der Waals surface area (Å²) >= 11 is 0. The quantitative estimate of drug-likeness (QED) is 0.790. The van der Waals surface area contributed by atoms with Crippen LogP contribution < -0.4 is 10.3 Å². The van der Waals surface area contributed by atoms with Crippen molar-refractivity contribution >= 4 is 0 Å². The summed E-state index contributed by atoms with van der Waals surface area (Å²) in [6, 6.07) is 5.83. The average molecular weight is 337 g/mol. The molecule has 0 aliphatic rings. The van der Waals surface area contributed by atoms with E-state index in [-0.39, 0.29) is 11.4 Å². The Kier molecular flexibility index (Phi) is 3.80. The van der Waals surface area contributed by atoms with Crippen LogP contribution in [-0.2, 0) is 6.18 Å². The van der Waals surface area contributed by atoms with Crippen molar-refractivity contribution in [2.45, 2.75) is 6.18 Å². The van der Waals surface area contributed by atoms with Gasteiger partial charge in [-0.1, -0.05) is 5.21 Å². The molecule has 3 aromatic rings. The Morgan fingerprint density at radius 3 is 2.67 bits per heavy atom. The third kappa shape index (κ3) is 2.98. The van der Waals surface area contributed by atoms with E-state index in [0.29, 0.717) is 11.3 Å². The molecule has 0 fully saturated rings. The van der Waals surface area contributed by atoms with E-state index in [9.17, 15) is 18.0 Å². The number of halogens is 3. The standard InChI is InChI=1S/C14H10F3N5O2/c1-24-8-2-3-11(22-6-12(20-21-22)14(15,16)17)9(4-8)10-5-13(23)19-7-18-10/h2-7H,1H3,(H,18,19,23). The van der Waals surface area contributed by atoms with Crippen LogP contribution in [0.5, 0.6) is 5.75 Å². The highest BCUT2D eigenvalue weighted by atomic mass is 19.4. The molecule has 0 radical (unpaired) electrons. The van der Waals surface area contributed by atoms with Crippen molar-refractivity contribution in [3.63, 3.8) is 0 Å². The van der Waals surface area contributed by atoms with Crippen LogP contribution in [0, 0.1) is 0 Å². The van der Waals surface area contributed by atoms with E-state index >= 15 is 0 Å². The van der Waals surface area contributed by atoms with Gasteiger partial charge in [-0.05, 0) is 18.2 Å². The van der Waals surface area contributed by atoms with Crippen LogP contribution >= 0.6 is 0 Å². The molecule has 0 atom stereocenters. The summed E-state index contributed by atoms with van der Waals surface area (Å²) < 4.78 is 44.2. The number of benzene rings is 1. The summed E-state index contributed by atoms with van der Waals surface area (Å²) in [6.45, 7) is 0. The van der Waals surface area contributed by atoms with Crippen LogP contribution in [0.3, 0.4) is 0 Å². The van der Waals surface area contributed by atoms with Crippen LogP contribution in [0.25, 0.3) is 16.9 Å². The lowest BCUT2D eigenvalue weighted by atomic mass is 10.1. The van der Waals surface area contributed by atoms with Crippen molar-refractivity contribution in [3.05, 3.63) is 52.8 Å². The molecule has 2 heterocycles. The normalized spacial score (nSPS) is 11.5. The monoisotopic (exact) mass is 337 g/mol. The number of aromatic nitrogens is 5. The van der Waals surface area contributed by atoms with Crippen LogP contribution in [0.2, 0.25) is 0 Å². The Morgan fingerprint density at radius 1 is 1.25 bits per heavy atom. The van der Waals surface area contributed by atoms with E-state index in [4.69, 9.17) is 4.74 Å². The molecule has 0 saturated heterocycles. The Morgan fingerprint density at radius 2 is 2.04 bits per heavy atom. The second-order valence-corrected chi connectivity index (χ2v) is 4.73. The third-order valence-corrected chi connectivity index (χ3v) is 3.19. The molecular formula is C14H10F3N5O2. The molecule has 0 spiro atoms. The predicted octanol–water partition coefficient (Wildman–Crippen LogP) is 2.04. The molecular weight excluding hydrogens is 327 g/mol. The Bertz CT molecular complexity index is 932. The summed E-state index contributed by atoms with van der Waals surface area (Å²) in [5, 5.41) is 6.64. The first kappa shape index (κ1) is 15.7. The number of alkyl halides is 3. The second kappa shape index (κ2) is 5.80. The fraction of sp³-hybridized carbons (Fsp3) is 0.143. The molecule has 0 unspecified atom stereocenters. The smallest absolute Gasteiger partial charge is 0.436 e. The van der Waals surface area contributed by atoms with Gasteiger partial charge in [-0.25, -0.2) is 9.67 Å². The van der Waals surface area contributed by atoms with E-state index in [1.165, 1.54) is 25.6 Å². The summed E-state index contributed by atoms with van der Waals surface area (Å²) in [4.78, 5) is 17.9. The van der Waals surface area contributed by atoms with Gasteiger partial charge in [-0.3, -0.25) is 4.79 Å². The first-order chi connectivity index (χ1) is 11.4. The molecule has 24 heavy (non-hydrogen) atoms. The van der Waals surface area contributed by atoms with Crippen LogP contribution in [0.15, 0.2) is 41.6 Å². The van der Waals surface area contributed by atoms with E-state index < -0.39 is 17.4 Å². The van der Waals surface area contributed by atoms with E-state index in [2.05, 4.69) is 20.3 Å². The van der Waals surface area contributed by atoms with Gasteiger partial charge in [-0.15, -0.1) is 5.10 Å². The molecule has 10 heteroatoms. The fourth-order valence-corrected chi connectivity index (χ4v) is 2.07. The molecule has 0 saturated carbocycles. The molecule has 1 aromatic carbocycles. The van der Waals surface area contributed by atoms with Crippen molar-refractivity contribution in [2.75, 3.05) is 7.11 Å². The first-order valence-electron chi connectivity index (χ1n) is 6.61. The number of rotatable bonds is 3. The van der Waals surface area contributed by atoms with Crippen molar-refractivity contribution in [2.24, 2.45) is 0 Å². The van der Waals surface area contributed by atoms with E-state index in [1.54, 1.807) is 12.1 Å². The summed E-state index contributed by atoms with van der Waals surface area (Å²) in [6.07, 6.45) is -2.64. The highest BCUT2D eigenvalue weighted by molar-refractivity contribution is 5.71. The summed E-state index contributed by atoms with van der Waals surface area (Å²) in [7, 11) is 1.45. The lowest BCUT2D eigenvalue weighted by Crippen LogP contribution is -2.06. The maximum Gasteiger partial charge on any atom is 0.436 e. The zero-order chi connectivity index (χ0) is 17.3. The summed E-state index contributed by atoms with van der Waals surface area (Å²) in [5.41, 5.74) is -0.612. The van der Waals surface area contributed by atoms with Crippen molar-refractivity contribution in [1.82, 2.24) is 25.0 Å². The lowest BCUT2D eigenvalue weighted by molar-refractivity contribution is -0.141. The van der Waals surface area contributed by atoms with Gasteiger partial charge in [0.05, 0.1) is 31.0 Å². The topological polar surface area (TPSA) is 85.7 Å². The maximum atomic E-state index is 12.7. The summed E-state index contributed by atoms with van der Waals surface area (Å²) in [5.74, 6) is 0.451. The molecule has 0 aliphatic carbocycles. The molecule has 2 aromatic heterocycles. The number of methoxy groups -OCH3 is 1. The molecule has 124 valence electrons. The number of H-pyrrole nitrogens is 1. The van der Waals surface area contributed by atoms with Crippen LogP contribution in [0.1, 0.15) is 5.69 Å². The van der Waals surface area contributed by atoms with Crippen LogP contribution in [0.4, 0.5) is 13.2 Å². The van der Waals surface area contributed by atoms with Gasteiger partial charge in [0.25, 0.3) is 5.56 Å². The van der Waals surface area contributed by atoms with Gasteiger partial charge < -0.3 is 9.72 Å². The SMILES string of the molecule is COc1ccc(-n2cc(C(F)(F)F)nn2)c(-c2cc(=O)[nH]cn2)c1. The lowest BCUT2D eigenvalue weighted by Gasteiger charge is -2.10. The number of hydrogen-bond acceptors (Lipinski definition) is 5.